The SMILES string of the molecule is Cc1ccc(N2C(=O)/C(=C/c3ccc(Cl)c(Cl)c3)NC2=S)cc1. The Morgan fingerprint density at radius 2 is 1.78 bits per heavy atom. The van der Waals surface area contributed by atoms with Crippen molar-refractivity contribution in [3.63, 3.8) is 0 Å². The molecule has 0 spiro atoms. The summed E-state index contributed by atoms with van der Waals surface area (Å²) in [7, 11) is 0. The Balaban J connectivity index is 1.92. The molecule has 2 aromatic carbocycles. The van der Waals surface area contributed by atoms with Crippen molar-refractivity contribution in [1.82, 2.24) is 5.32 Å². The van der Waals surface area contributed by atoms with Gasteiger partial charge in [-0.2, -0.15) is 0 Å². The van der Waals surface area contributed by atoms with Gasteiger partial charge in [0.15, 0.2) is 5.11 Å². The Labute approximate surface area is 149 Å². The number of hydrogen-bond acceptors (Lipinski definition) is 2. The number of benzene rings is 2. The van der Waals surface area contributed by atoms with Gasteiger partial charge < -0.3 is 5.32 Å². The van der Waals surface area contributed by atoms with Crippen molar-refractivity contribution in [2.75, 3.05) is 4.90 Å². The Hall–Kier alpha value is -1.88. The first kappa shape index (κ1) is 16.0. The van der Waals surface area contributed by atoms with Crippen LogP contribution >= 0.6 is 35.4 Å². The van der Waals surface area contributed by atoms with Gasteiger partial charge in [0.05, 0.1) is 15.7 Å². The summed E-state index contributed by atoms with van der Waals surface area (Å²) in [5.41, 5.74) is 3.01. The first-order chi connectivity index (χ1) is 11.0. The molecule has 1 fully saturated rings. The van der Waals surface area contributed by atoms with Crippen LogP contribution in [-0.2, 0) is 4.79 Å². The van der Waals surface area contributed by atoms with Crippen molar-refractivity contribution in [2.24, 2.45) is 0 Å². The van der Waals surface area contributed by atoms with Gasteiger partial charge in [-0.1, -0.05) is 47.0 Å². The van der Waals surface area contributed by atoms with Crippen molar-refractivity contribution in [3.8, 4) is 0 Å². The minimum absolute atomic E-state index is 0.204. The number of aryl methyl sites for hydroxylation is 1. The van der Waals surface area contributed by atoms with Crippen molar-refractivity contribution in [1.29, 1.82) is 0 Å². The molecular weight excluding hydrogens is 351 g/mol. The van der Waals surface area contributed by atoms with Crippen molar-refractivity contribution in [3.05, 3.63) is 69.3 Å². The van der Waals surface area contributed by atoms with Crippen molar-refractivity contribution in [2.45, 2.75) is 6.92 Å². The molecular formula is C17H12Cl2N2OS. The van der Waals surface area contributed by atoms with E-state index in [0.29, 0.717) is 20.9 Å². The quantitative estimate of drug-likeness (QED) is 0.627. The second kappa shape index (κ2) is 6.32. The van der Waals surface area contributed by atoms with E-state index < -0.39 is 0 Å². The first-order valence-corrected chi connectivity index (χ1v) is 8.01. The summed E-state index contributed by atoms with van der Waals surface area (Å²) >= 11 is 17.2. The summed E-state index contributed by atoms with van der Waals surface area (Å²) in [6, 6.07) is 12.8. The Morgan fingerprint density at radius 3 is 2.43 bits per heavy atom. The Morgan fingerprint density at radius 1 is 1.09 bits per heavy atom. The van der Waals surface area contributed by atoms with Crippen molar-refractivity contribution < 1.29 is 4.79 Å². The van der Waals surface area contributed by atoms with Crippen LogP contribution in [-0.4, -0.2) is 11.0 Å². The second-order valence-electron chi connectivity index (χ2n) is 5.14. The average Bonchev–Trinajstić information content (AvgIpc) is 2.79. The summed E-state index contributed by atoms with van der Waals surface area (Å²) in [6.07, 6.45) is 1.70. The molecule has 6 heteroatoms. The number of nitrogens with zero attached hydrogens (tertiary/aromatic N) is 1. The molecule has 0 radical (unpaired) electrons. The number of nitrogens with one attached hydrogen (secondary N) is 1. The normalized spacial score (nSPS) is 16.1. The highest BCUT2D eigenvalue weighted by Crippen LogP contribution is 2.26. The molecule has 2 aromatic rings. The van der Waals surface area contributed by atoms with E-state index in [1.807, 2.05) is 31.2 Å². The number of thiocarbonyl (C=S) groups is 1. The lowest BCUT2D eigenvalue weighted by Crippen LogP contribution is -2.30. The number of carbonyl (C=O) groups is 1. The Bertz CT molecular complexity index is 831. The van der Waals surface area contributed by atoms with Gasteiger partial charge in [0.2, 0.25) is 0 Å². The molecule has 3 rings (SSSR count). The molecule has 3 nitrogen and oxygen atoms in total. The summed E-state index contributed by atoms with van der Waals surface area (Å²) in [4.78, 5) is 14.1. The topological polar surface area (TPSA) is 32.3 Å². The molecule has 0 atom stereocenters. The summed E-state index contributed by atoms with van der Waals surface area (Å²) in [5, 5.41) is 4.20. The summed E-state index contributed by atoms with van der Waals surface area (Å²) in [6.45, 7) is 1.99. The van der Waals surface area contributed by atoms with E-state index in [4.69, 9.17) is 35.4 Å². The third-order valence-corrected chi connectivity index (χ3v) is 4.45. The molecule has 1 saturated heterocycles. The minimum Gasteiger partial charge on any atom is -0.327 e. The predicted molar refractivity (Wildman–Crippen MR) is 98.8 cm³/mol. The molecule has 0 unspecified atom stereocenters. The average molecular weight is 363 g/mol. The highest BCUT2D eigenvalue weighted by molar-refractivity contribution is 7.80. The Kier molecular flexibility index (Phi) is 4.39. The smallest absolute Gasteiger partial charge is 0.281 e. The molecule has 0 aromatic heterocycles. The lowest BCUT2D eigenvalue weighted by atomic mass is 10.2. The maximum atomic E-state index is 12.6. The van der Waals surface area contributed by atoms with Gasteiger partial charge in [0.1, 0.15) is 5.70 Å². The van der Waals surface area contributed by atoms with E-state index in [1.165, 1.54) is 4.90 Å². The van der Waals surface area contributed by atoms with E-state index in [9.17, 15) is 4.79 Å². The van der Waals surface area contributed by atoms with Gasteiger partial charge in [-0.3, -0.25) is 9.69 Å². The van der Waals surface area contributed by atoms with Crippen LogP contribution in [0.2, 0.25) is 10.0 Å². The van der Waals surface area contributed by atoms with Gasteiger partial charge in [-0.25, -0.2) is 0 Å². The molecule has 1 N–H and O–H groups in total. The monoisotopic (exact) mass is 362 g/mol. The fourth-order valence-corrected chi connectivity index (χ4v) is 2.84. The summed E-state index contributed by atoms with van der Waals surface area (Å²) in [5.74, 6) is -0.204. The van der Waals surface area contributed by atoms with Crippen LogP contribution in [0.15, 0.2) is 48.2 Å². The van der Waals surface area contributed by atoms with E-state index in [2.05, 4.69) is 5.32 Å². The largest absolute Gasteiger partial charge is 0.327 e. The van der Waals surface area contributed by atoms with E-state index in [1.54, 1.807) is 24.3 Å². The molecule has 116 valence electrons. The van der Waals surface area contributed by atoms with Crippen LogP contribution in [0, 0.1) is 6.92 Å². The third kappa shape index (κ3) is 3.24. The maximum Gasteiger partial charge on any atom is 0.281 e. The van der Waals surface area contributed by atoms with Crippen LogP contribution in [0.4, 0.5) is 5.69 Å². The van der Waals surface area contributed by atoms with Gasteiger partial charge in [0, 0.05) is 0 Å². The third-order valence-electron chi connectivity index (χ3n) is 3.43. The highest BCUT2D eigenvalue weighted by atomic mass is 35.5. The zero-order valence-corrected chi connectivity index (χ0v) is 14.5. The number of amides is 1. The molecule has 0 aliphatic carbocycles. The van der Waals surface area contributed by atoms with Crippen LogP contribution in [0.5, 0.6) is 0 Å². The maximum absolute atomic E-state index is 12.6. The van der Waals surface area contributed by atoms with E-state index in [-0.39, 0.29) is 5.91 Å². The van der Waals surface area contributed by atoms with Gasteiger partial charge in [-0.05, 0) is 55.0 Å². The van der Waals surface area contributed by atoms with E-state index >= 15 is 0 Å². The molecule has 0 bridgehead atoms. The molecule has 1 aliphatic heterocycles. The van der Waals surface area contributed by atoms with Crippen LogP contribution < -0.4 is 10.2 Å². The lowest BCUT2D eigenvalue weighted by Gasteiger charge is -2.13. The predicted octanol–water partition coefficient (Wildman–Crippen LogP) is 4.56. The molecule has 1 aliphatic rings. The fourth-order valence-electron chi connectivity index (χ4n) is 2.23. The highest BCUT2D eigenvalue weighted by Gasteiger charge is 2.31. The minimum atomic E-state index is -0.204. The second-order valence-corrected chi connectivity index (χ2v) is 6.34. The zero-order chi connectivity index (χ0) is 16.6. The van der Waals surface area contributed by atoms with Crippen LogP contribution in [0.1, 0.15) is 11.1 Å². The van der Waals surface area contributed by atoms with Crippen LogP contribution in [0.3, 0.4) is 0 Å². The van der Waals surface area contributed by atoms with E-state index in [0.717, 1.165) is 16.8 Å². The fraction of sp³-hybridized carbons (Fsp3) is 0.0588. The molecule has 1 heterocycles. The van der Waals surface area contributed by atoms with Crippen LogP contribution in [0.25, 0.3) is 6.08 Å². The number of rotatable bonds is 2. The lowest BCUT2D eigenvalue weighted by molar-refractivity contribution is -0.113. The van der Waals surface area contributed by atoms with Gasteiger partial charge in [-0.15, -0.1) is 0 Å². The zero-order valence-electron chi connectivity index (χ0n) is 12.1. The number of hydrogen-bond donors (Lipinski definition) is 1. The van der Waals surface area contributed by atoms with Crippen molar-refractivity contribution >= 4 is 58.2 Å². The van der Waals surface area contributed by atoms with Gasteiger partial charge >= 0.3 is 0 Å². The standard InChI is InChI=1S/C17H12Cl2N2OS/c1-10-2-5-12(6-3-10)21-16(22)15(20-17(21)23)9-11-4-7-13(18)14(19)8-11/h2-9H,1H3,(H,20,23)/b15-9-. The number of carbonyl (C=O) groups excluding carboxylic acids is 1. The molecule has 0 saturated carbocycles. The first-order valence-electron chi connectivity index (χ1n) is 6.84. The molecule has 23 heavy (non-hydrogen) atoms. The molecule has 1 amide bonds. The number of halogens is 2. The number of anilines is 1. The summed E-state index contributed by atoms with van der Waals surface area (Å²) < 4.78 is 0. The van der Waals surface area contributed by atoms with Gasteiger partial charge in [0.25, 0.3) is 5.91 Å².